The molecular weight excluding hydrogens is 397 g/mol. The van der Waals surface area contributed by atoms with Gasteiger partial charge in [-0.2, -0.15) is 23.1 Å². The third-order valence-corrected chi connectivity index (χ3v) is 4.97. The molecule has 0 atom stereocenters. The van der Waals surface area contributed by atoms with E-state index in [-0.39, 0.29) is 23.7 Å². The fourth-order valence-corrected chi connectivity index (χ4v) is 3.49. The molecule has 7 nitrogen and oxygen atoms in total. The highest BCUT2D eigenvalue weighted by molar-refractivity contribution is 5.95. The third kappa shape index (κ3) is 4.81. The van der Waals surface area contributed by atoms with Gasteiger partial charge in [0, 0.05) is 23.5 Å². The molecule has 2 heterocycles. The number of carbonyl (C=O) groups is 1. The van der Waals surface area contributed by atoms with Crippen LogP contribution in [0, 0.1) is 0 Å². The number of hydrogen-bond donors (Lipinski definition) is 4. The van der Waals surface area contributed by atoms with Crippen LogP contribution in [-0.4, -0.2) is 39.6 Å². The number of rotatable bonds is 6. The lowest BCUT2D eigenvalue weighted by atomic mass is 10.1. The molecule has 10 heteroatoms. The van der Waals surface area contributed by atoms with Crippen molar-refractivity contribution >= 4 is 34.4 Å². The number of alkyl halides is 3. The Labute approximate surface area is 170 Å². The summed E-state index contributed by atoms with van der Waals surface area (Å²) in [6, 6.07) is 8.61. The first kappa shape index (κ1) is 20.0. The number of anilines is 3. The van der Waals surface area contributed by atoms with E-state index < -0.39 is 12.7 Å². The Morgan fingerprint density at radius 3 is 2.53 bits per heavy atom. The van der Waals surface area contributed by atoms with Crippen LogP contribution in [0.3, 0.4) is 0 Å². The van der Waals surface area contributed by atoms with Gasteiger partial charge in [0.2, 0.25) is 5.95 Å². The van der Waals surface area contributed by atoms with Crippen molar-refractivity contribution in [3.05, 3.63) is 42.1 Å². The first-order valence-electron chi connectivity index (χ1n) is 9.71. The third-order valence-electron chi connectivity index (χ3n) is 4.97. The second kappa shape index (κ2) is 8.21. The zero-order valence-electron chi connectivity index (χ0n) is 16.0. The van der Waals surface area contributed by atoms with Crippen LogP contribution in [0.2, 0.25) is 0 Å². The lowest BCUT2D eigenvalue weighted by Crippen LogP contribution is -2.32. The quantitative estimate of drug-likeness (QED) is 0.478. The van der Waals surface area contributed by atoms with Gasteiger partial charge in [-0.05, 0) is 43.2 Å². The number of aromatic amines is 1. The number of amides is 1. The molecule has 1 aliphatic rings. The predicted molar refractivity (Wildman–Crippen MR) is 108 cm³/mol. The number of aromatic nitrogens is 3. The van der Waals surface area contributed by atoms with Crippen LogP contribution in [-0.2, 0) is 0 Å². The Kier molecular flexibility index (Phi) is 5.47. The highest BCUT2D eigenvalue weighted by Gasteiger charge is 2.27. The zero-order valence-corrected chi connectivity index (χ0v) is 16.0. The second-order valence-corrected chi connectivity index (χ2v) is 7.26. The van der Waals surface area contributed by atoms with Gasteiger partial charge in [-0.1, -0.05) is 12.8 Å². The molecule has 2 aromatic heterocycles. The van der Waals surface area contributed by atoms with E-state index >= 15 is 0 Å². The average molecular weight is 418 g/mol. The van der Waals surface area contributed by atoms with Gasteiger partial charge in [-0.3, -0.25) is 4.79 Å². The van der Waals surface area contributed by atoms with Crippen LogP contribution >= 0.6 is 0 Å². The number of fused-ring (bicyclic) bond motifs is 1. The molecule has 4 N–H and O–H groups in total. The molecular formula is C20H21F3N6O. The fourth-order valence-electron chi connectivity index (χ4n) is 3.49. The smallest absolute Gasteiger partial charge is 0.360 e. The van der Waals surface area contributed by atoms with E-state index in [9.17, 15) is 18.0 Å². The molecule has 30 heavy (non-hydrogen) atoms. The van der Waals surface area contributed by atoms with E-state index in [4.69, 9.17) is 0 Å². The standard InChI is InChI=1S/C20H21F3N6O/c21-20(22,23)11-25-17-15-9-10-24-16(15)28-19(29-17)27-14-7-5-12(6-8-14)18(30)26-13-3-1-2-4-13/h5-10,13H,1-4,11H2,(H,26,30)(H3,24,25,27,28,29). The first-order chi connectivity index (χ1) is 14.4. The minimum Gasteiger partial charge on any atom is -0.360 e. The Morgan fingerprint density at radius 1 is 1.10 bits per heavy atom. The molecule has 3 aromatic rings. The number of carbonyl (C=O) groups excluding carboxylic acids is 1. The van der Waals surface area contributed by atoms with Crippen molar-refractivity contribution in [2.75, 3.05) is 17.2 Å². The van der Waals surface area contributed by atoms with Crippen LogP contribution in [0.15, 0.2) is 36.5 Å². The lowest BCUT2D eigenvalue weighted by Gasteiger charge is -2.13. The summed E-state index contributed by atoms with van der Waals surface area (Å²) in [5, 5.41) is 8.77. The molecule has 1 aromatic carbocycles. The van der Waals surface area contributed by atoms with E-state index in [1.807, 2.05) is 0 Å². The van der Waals surface area contributed by atoms with Crippen molar-refractivity contribution in [1.29, 1.82) is 0 Å². The highest BCUT2D eigenvalue weighted by atomic mass is 19.4. The monoisotopic (exact) mass is 418 g/mol. The van der Waals surface area contributed by atoms with E-state index in [0.29, 0.717) is 22.3 Å². The van der Waals surface area contributed by atoms with Crippen molar-refractivity contribution in [3.8, 4) is 0 Å². The zero-order chi connectivity index (χ0) is 21.1. The molecule has 0 unspecified atom stereocenters. The number of benzene rings is 1. The topological polar surface area (TPSA) is 94.7 Å². The molecule has 0 spiro atoms. The van der Waals surface area contributed by atoms with Crippen LogP contribution in [0.4, 0.5) is 30.6 Å². The molecule has 1 amide bonds. The normalized spacial score (nSPS) is 14.8. The van der Waals surface area contributed by atoms with Gasteiger partial charge >= 0.3 is 6.18 Å². The summed E-state index contributed by atoms with van der Waals surface area (Å²) in [6.45, 7) is -1.20. The number of nitrogens with one attached hydrogen (secondary N) is 4. The molecule has 1 aliphatic carbocycles. The number of nitrogens with zero attached hydrogens (tertiary/aromatic N) is 2. The maximum Gasteiger partial charge on any atom is 0.405 e. The maximum absolute atomic E-state index is 12.6. The van der Waals surface area contributed by atoms with Crippen molar-refractivity contribution < 1.29 is 18.0 Å². The summed E-state index contributed by atoms with van der Waals surface area (Å²) < 4.78 is 37.8. The van der Waals surface area contributed by atoms with Gasteiger partial charge in [-0.25, -0.2) is 0 Å². The molecule has 158 valence electrons. The van der Waals surface area contributed by atoms with E-state index in [1.165, 1.54) is 0 Å². The SMILES string of the molecule is O=C(NC1CCCC1)c1ccc(Nc2nc(NCC(F)(F)F)c3cc[nH]c3n2)cc1. The summed E-state index contributed by atoms with van der Waals surface area (Å²) in [7, 11) is 0. The fraction of sp³-hybridized carbons (Fsp3) is 0.350. The Balaban J connectivity index is 1.47. The number of hydrogen-bond acceptors (Lipinski definition) is 5. The maximum atomic E-state index is 12.6. The number of H-pyrrole nitrogens is 1. The molecule has 1 saturated carbocycles. The minimum absolute atomic E-state index is 0.0774. The molecule has 4 rings (SSSR count). The summed E-state index contributed by atoms with van der Waals surface area (Å²) in [4.78, 5) is 23.6. The summed E-state index contributed by atoms with van der Waals surface area (Å²) in [5.41, 5.74) is 1.56. The summed E-state index contributed by atoms with van der Waals surface area (Å²) in [5.74, 6) is 0.0996. The minimum atomic E-state index is -4.37. The predicted octanol–water partition coefficient (Wildman–Crippen LogP) is 4.35. The number of halogens is 3. The Morgan fingerprint density at radius 2 is 1.83 bits per heavy atom. The lowest BCUT2D eigenvalue weighted by molar-refractivity contribution is -0.115. The van der Waals surface area contributed by atoms with E-state index in [1.54, 1.807) is 36.5 Å². The molecule has 0 saturated heterocycles. The van der Waals surface area contributed by atoms with Gasteiger partial charge in [0.1, 0.15) is 18.0 Å². The van der Waals surface area contributed by atoms with Gasteiger partial charge in [0.05, 0.1) is 5.39 Å². The Bertz CT molecular complexity index is 1030. The van der Waals surface area contributed by atoms with E-state index in [0.717, 1.165) is 25.7 Å². The van der Waals surface area contributed by atoms with Gasteiger partial charge in [-0.15, -0.1) is 0 Å². The summed E-state index contributed by atoms with van der Waals surface area (Å²) >= 11 is 0. The summed E-state index contributed by atoms with van der Waals surface area (Å²) in [6.07, 6.45) is 1.51. The van der Waals surface area contributed by atoms with Gasteiger partial charge in [0.15, 0.2) is 0 Å². The van der Waals surface area contributed by atoms with Crippen molar-refractivity contribution in [3.63, 3.8) is 0 Å². The average Bonchev–Trinajstić information content (AvgIpc) is 3.38. The second-order valence-electron chi connectivity index (χ2n) is 7.26. The van der Waals surface area contributed by atoms with Crippen molar-refractivity contribution in [2.24, 2.45) is 0 Å². The molecule has 0 radical (unpaired) electrons. The van der Waals surface area contributed by atoms with Crippen LogP contribution < -0.4 is 16.0 Å². The molecule has 1 fully saturated rings. The van der Waals surface area contributed by atoms with E-state index in [2.05, 4.69) is 30.9 Å². The van der Waals surface area contributed by atoms with Crippen LogP contribution in [0.5, 0.6) is 0 Å². The van der Waals surface area contributed by atoms with Gasteiger partial charge < -0.3 is 20.9 Å². The highest BCUT2D eigenvalue weighted by Crippen LogP contribution is 2.25. The van der Waals surface area contributed by atoms with Crippen LogP contribution in [0.1, 0.15) is 36.0 Å². The first-order valence-corrected chi connectivity index (χ1v) is 9.71. The molecule has 0 aliphatic heterocycles. The van der Waals surface area contributed by atoms with Crippen molar-refractivity contribution in [2.45, 2.75) is 37.9 Å². The van der Waals surface area contributed by atoms with Crippen molar-refractivity contribution in [1.82, 2.24) is 20.3 Å². The van der Waals surface area contributed by atoms with Crippen LogP contribution in [0.25, 0.3) is 11.0 Å². The molecule has 0 bridgehead atoms. The largest absolute Gasteiger partial charge is 0.405 e. The van der Waals surface area contributed by atoms with Gasteiger partial charge in [0.25, 0.3) is 5.91 Å². The Hall–Kier alpha value is -3.30.